The van der Waals surface area contributed by atoms with Crippen LogP contribution in [0, 0.1) is 6.92 Å². The molecule has 0 saturated carbocycles. The van der Waals surface area contributed by atoms with E-state index in [4.69, 9.17) is 4.74 Å². The standard InChI is InChI=1S/C13H21NO2/c1-5-14(3)7-6-11-9-13(16-4)12(15)8-10(11)2/h8-9,15H,5-7H2,1-4H3. The van der Waals surface area contributed by atoms with Crippen molar-refractivity contribution in [3.8, 4) is 11.5 Å². The third-order valence-corrected chi connectivity index (χ3v) is 2.94. The number of rotatable bonds is 5. The van der Waals surface area contributed by atoms with Crippen LogP contribution in [0.3, 0.4) is 0 Å². The first-order valence-corrected chi connectivity index (χ1v) is 5.63. The van der Waals surface area contributed by atoms with Gasteiger partial charge >= 0.3 is 0 Å². The predicted molar refractivity (Wildman–Crippen MR) is 66.3 cm³/mol. The van der Waals surface area contributed by atoms with Crippen molar-refractivity contribution in [2.45, 2.75) is 20.3 Å². The number of phenols is 1. The fourth-order valence-corrected chi connectivity index (χ4v) is 1.62. The molecular formula is C13H21NO2. The van der Waals surface area contributed by atoms with E-state index in [2.05, 4.69) is 18.9 Å². The summed E-state index contributed by atoms with van der Waals surface area (Å²) in [5.74, 6) is 0.771. The number of phenolic OH excluding ortho intramolecular Hbond substituents is 1. The van der Waals surface area contributed by atoms with E-state index in [1.165, 1.54) is 5.56 Å². The number of aromatic hydroxyl groups is 1. The minimum absolute atomic E-state index is 0.215. The topological polar surface area (TPSA) is 32.7 Å². The number of methoxy groups -OCH3 is 1. The van der Waals surface area contributed by atoms with Crippen molar-refractivity contribution in [3.63, 3.8) is 0 Å². The molecule has 0 unspecified atom stereocenters. The molecule has 90 valence electrons. The monoisotopic (exact) mass is 223 g/mol. The van der Waals surface area contributed by atoms with Crippen LogP contribution in [0.2, 0.25) is 0 Å². The number of benzene rings is 1. The summed E-state index contributed by atoms with van der Waals surface area (Å²) in [7, 11) is 3.68. The SMILES string of the molecule is CCN(C)CCc1cc(OC)c(O)cc1C. The van der Waals surface area contributed by atoms with E-state index in [9.17, 15) is 5.11 Å². The Hall–Kier alpha value is -1.22. The van der Waals surface area contributed by atoms with Gasteiger partial charge in [0.05, 0.1) is 7.11 Å². The van der Waals surface area contributed by atoms with E-state index < -0.39 is 0 Å². The Balaban J connectivity index is 2.79. The van der Waals surface area contributed by atoms with Crippen LogP contribution < -0.4 is 4.74 Å². The molecule has 0 bridgehead atoms. The quantitative estimate of drug-likeness (QED) is 0.830. The molecule has 16 heavy (non-hydrogen) atoms. The lowest BCUT2D eigenvalue weighted by molar-refractivity contribution is 0.355. The van der Waals surface area contributed by atoms with E-state index in [0.29, 0.717) is 5.75 Å². The van der Waals surface area contributed by atoms with Crippen LogP contribution in [0.1, 0.15) is 18.1 Å². The van der Waals surface area contributed by atoms with Crippen LogP contribution in [-0.4, -0.2) is 37.3 Å². The first kappa shape index (κ1) is 12.8. The van der Waals surface area contributed by atoms with Crippen LogP contribution in [0.4, 0.5) is 0 Å². The molecule has 0 atom stereocenters. The molecule has 1 rings (SSSR count). The summed E-state index contributed by atoms with van der Waals surface area (Å²) in [5.41, 5.74) is 2.35. The smallest absolute Gasteiger partial charge is 0.160 e. The van der Waals surface area contributed by atoms with Gasteiger partial charge in [0.2, 0.25) is 0 Å². The maximum Gasteiger partial charge on any atom is 0.160 e. The Kier molecular flexibility index (Phi) is 4.62. The Morgan fingerprint density at radius 3 is 2.62 bits per heavy atom. The second-order valence-corrected chi connectivity index (χ2v) is 4.10. The zero-order chi connectivity index (χ0) is 12.1. The first-order valence-electron chi connectivity index (χ1n) is 5.63. The third-order valence-electron chi connectivity index (χ3n) is 2.94. The van der Waals surface area contributed by atoms with Crippen molar-refractivity contribution >= 4 is 0 Å². The summed E-state index contributed by atoms with van der Waals surface area (Å²) in [6.07, 6.45) is 0.979. The molecule has 0 aliphatic rings. The molecule has 0 aromatic heterocycles. The molecule has 3 heteroatoms. The highest BCUT2D eigenvalue weighted by atomic mass is 16.5. The number of hydrogen-bond donors (Lipinski definition) is 1. The molecule has 1 aromatic rings. The summed E-state index contributed by atoms with van der Waals surface area (Å²) in [6, 6.07) is 3.69. The van der Waals surface area contributed by atoms with Gasteiger partial charge < -0.3 is 14.7 Å². The van der Waals surface area contributed by atoms with Crippen molar-refractivity contribution in [2.24, 2.45) is 0 Å². The molecule has 0 heterocycles. The molecular weight excluding hydrogens is 202 g/mol. The fourth-order valence-electron chi connectivity index (χ4n) is 1.62. The molecule has 0 spiro atoms. The molecule has 0 radical (unpaired) electrons. The van der Waals surface area contributed by atoms with Crippen LogP contribution in [0.15, 0.2) is 12.1 Å². The van der Waals surface area contributed by atoms with Gasteiger partial charge in [-0.25, -0.2) is 0 Å². The maximum absolute atomic E-state index is 9.60. The van der Waals surface area contributed by atoms with Gasteiger partial charge in [0.25, 0.3) is 0 Å². The predicted octanol–water partition coefficient (Wildman–Crippen LogP) is 2.20. The van der Waals surface area contributed by atoms with Crippen molar-refractivity contribution in [1.29, 1.82) is 0 Å². The van der Waals surface area contributed by atoms with Crippen LogP contribution in [0.25, 0.3) is 0 Å². The number of nitrogens with zero attached hydrogens (tertiary/aromatic N) is 1. The lowest BCUT2D eigenvalue weighted by Gasteiger charge is -2.15. The van der Waals surface area contributed by atoms with Gasteiger partial charge in [-0.2, -0.15) is 0 Å². The highest BCUT2D eigenvalue weighted by Crippen LogP contribution is 2.29. The van der Waals surface area contributed by atoms with Crippen molar-refractivity contribution in [3.05, 3.63) is 23.3 Å². The number of ether oxygens (including phenoxy) is 1. The van der Waals surface area contributed by atoms with Crippen molar-refractivity contribution in [2.75, 3.05) is 27.2 Å². The third kappa shape index (κ3) is 3.14. The lowest BCUT2D eigenvalue weighted by Crippen LogP contribution is -2.20. The molecule has 0 amide bonds. The zero-order valence-corrected chi connectivity index (χ0v) is 10.6. The molecule has 1 aromatic carbocycles. The minimum atomic E-state index is 0.215. The normalized spacial score (nSPS) is 10.8. The van der Waals surface area contributed by atoms with Crippen molar-refractivity contribution in [1.82, 2.24) is 4.90 Å². The molecule has 0 fully saturated rings. The van der Waals surface area contributed by atoms with E-state index in [1.807, 2.05) is 13.0 Å². The molecule has 0 aliphatic carbocycles. The minimum Gasteiger partial charge on any atom is -0.504 e. The van der Waals surface area contributed by atoms with Crippen LogP contribution >= 0.6 is 0 Å². The Morgan fingerprint density at radius 1 is 1.38 bits per heavy atom. The van der Waals surface area contributed by atoms with Gasteiger partial charge in [-0.1, -0.05) is 6.92 Å². The average Bonchev–Trinajstić information content (AvgIpc) is 2.27. The summed E-state index contributed by atoms with van der Waals surface area (Å²) in [6.45, 7) is 6.23. The van der Waals surface area contributed by atoms with Gasteiger partial charge in [-0.05, 0) is 50.2 Å². The summed E-state index contributed by atoms with van der Waals surface area (Å²) in [5, 5.41) is 9.60. The summed E-state index contributed by atoms with van der Waals surface area (Å²) >= 11 is 0. The van der Waals surface area contributed by atoms with Gasteiger partial charge in [0.1, 0.15) is 0 Å². The molecule has 1 N–H and O–H groups in total. The fraction of sp³-hybridized carbons (Fsp3) is 0.538. The number of hydrogen-bond acceptors (Lipinski definition) is 3. The van der Waals surface area contributed by atoms with Crippen molar-refractivity contribution < 1.29 is 9.84 Å². The van der Waals surface area contributed by atoms with Gasteiger partial charge in [0, 0.05) is 6.54 Å². The van der Waals surface area contributed by atoms with Gasteiger partial charge in [-0.3, -0.25) is 0 Å². The van der Waals surface area contributed by atoms with Crippen LogP contribution in [-0.2, 0) is 6.42 Å². The highest BCUT2D eigenvalue weighted by molar-refractivity contribution is 5.46. The van der Waals surface area contributed by atoms with Gasteiger partial charge in [0.15, 0.2) is 11.5 Å². The largest absolute Gasteiger partial charge is 0.504 e. The highest BCUT2D eigenvalue weighted by Gasteiger charge is 2.07. The van der Waals surface area contributed by atoms with E-state index in [1.54, 1.807) is 13.2 Å². The Bertz CT molecular complexity index is 350. The molecule has 3 nitrogen and oxygen atoms in total. The van der Waals surface area contributed by atoms with E-state index >= 15 is 0 Å². The summed E-state index contributed by atoms with van der Waals surface area (Å²) < 4.78 is 5.11. The Morgan fingerprint density at radius 2 is 2.06 bits per heavy atom. The number of aryl methyl sites for hydroxylation is 1. The maximum atomic E-state index is 9.60. The van der Waals surface area contributed by atoms with E-state index in [0.717, 1.165) is 25.1 Å². The van der Waals surface area contributed by atoms with Gasteiger partial charge in [-0.15, -0.1) is 0 Å². The number of likely N-dealkylation sites (N-methyl/N-ethyl adjacent to an activating group) is 1. The Labute approximate surface area is 97.7 Å². The lowest BCUT2D eigenvalue weighted by atomic mass is 10.0. The molecule has 0 saturated heterocycles. The van der Waals surface area contributed by atoms with Crippen LogP contribution in [0.5, 0.6) is 11.5 Å². The molecule has 0 aliphatic heterocycles. The average molecular weight is 223 g/mol. The zero-order valence-electron chi connectivity index (χ0n) is 10.6. The van der Waals surface area contributed by atoms with E-state index in [-0.39, 0.29) is 5.75 Å². The summed E-state index contributed by atoms with van der Waals surface area (Å²) in [4.78, 5) is 2.26. The second kappa shape index (κ2) is 5.75. The first-order chi connectivity index (χ1) is 7.58. The second-order valence-electron chi connectivity index (χ2n) is 4.10.